The van der Waals surface area contributed by atoms with E-state index in [1.54, 1.807) is 0 Å². The van der Waals surface area contributed by atoms with Crippen molar-refractivity contribution in [3.05, 3.63) is 42.2 Å². The minimum absolute atomic E-state index is 0.421. The minimum Gasteiger partial charge on any atom is -0.383 e. The highest BCUT2D eigenvalue weighted by Crippen LogP contribution is 2.29. The molecule has 0 aliphatic heterocycles. The number of rotatable bonds is 6. The van der Waals surface area contributed by atoms with Crippen LogP contribution in [0.4, 0.5) is 17.3 Å². The van der Waals surface area contributed by atoms with Crippen molar-refractivity contribution >= 4 is 17.3 Å². The van der Waals surface area contributed by atoms with E-state index in [-0.39, 0.29) is 0 Å². The fourth-order valence-corrected chi connectivity index (χ4v) is 2.27. The lowest BCUT2D eigenvalue weighted by Crippen LogP contribution is -2.22. The average Bonchev–Trinajstić information content (AvgIpc) is 2.52. The molecule has 2 rings (SSSR count). The molecule has 0 atom stereocenters. The molecule has 1 aromatic heterocycles. The Kier molecular flexibility index (Phi) is 5.10. The maximum absolute atomic E-state index is 8.90. The molecule has 5 nitrogen and oxygen atoms in total. The molecule has 1 aromatic carbocycles. The van der Waals surface area contributed by atoms with Gasteiger partial charge in [0.2, 0.25) is 0 Å². The van der Waals surface area contributed by atoms with E-state index in [4.69, 9.17) is 11.0 Å². The number of nitrogens with zero attached hydrogens (tertiary/aromatic N) is 4. The molecule has 2 aromatic rings. The lowest BCUT2D eigenvalue weighted by molar-refractivity contribution is 0.865. The molecule has 108 valence electrons. The van der Waals surface area contributed by atoms with Crippen molar-refractivity contribution in [1.82, 2.24) is 9.97 Å². The van der Waals surface area contributed by atoms with Crippen LogP contribution in [-0.4, -0.2) is 16.5 Å². The summed E-state index contributed by atoms with van der Waals surface area (Å²) in [6.45, 7) is 2.67. The smallest absolute Gasteiger partial charge is 0.141 e. The third-order valence-electron chi connectivity index (χ3n) is 3.23. The van der Waals surface area contributed by atoms with Gasteiger partial charge >= 0.3 is 0 Å². The van der Waals surface area contributed by atoms with Crippen LogP contribution in [0, 0.1) is 11.3 Å². The number of aromatic nitrogens is 2. The summed E-state index contributed by atoms with van der Waals surface area (Å²) in [4.78, 5) is 10.5. The van der Waals surface area contributed by atoms with Crippen molar-refractivity contribution in [3.8, 4) is 6.07 Å². The van der Waals surface area contributed by atoms with Gasteiger partial charge in [0.05, 0.1) is 12.5 Å². The molecule has 0 fully saturated rings. The number of hydrogen-bond donors (Lipinski definition) is 1. The lowest BCUT2D eigenvalue weighted by atomic mass is 10.1. The number of para-hydroxylation sites is 1. The normalized spacial score (nSPS) is 10.1. The quantitative estimate of drug-likeness (QED) is 0.880. The molecule has 0 bridgehead atoms. The van der Waals surface area contributed by atoms with E-state index in [1.807, 2.05) is 35.2 Å². The molecule has 0 radical (unpaired) electrons. The molecule has 1 heterocycles. The van der Waals surface area contributed by atoms with Crippen LogP contribution in [0.25, 0.3) is 0 Å². The van der Waals surface area contributed by atoms with Crippen LogP contribution in [0.2, 0.25) is 0 Å². The zero-order valence-electron chi connectivity index (χ0n) is 12.2. The number of nitrogen functional groups attached to an aromatic ring is 1. The molecule has 0 saturated heterocycles. The van der Waals surface area contributed by atoms with Gasteiger partial charge in [-0.05, 0) is 18.6 Å². The van der Waals surface area contributed by atoms with E-state index in [0.717, 1.165) is 29.9 Å². The Hall–Kier alpha value is -2.61. The summed E-state index contributed by atoms with van der Waals surface area (Å²) in [7, 11) is 0. The Morgan fingerprint density at radius 3 is 2.67 bits per heavy atom. The van der Waals surface area contributed by atoms with Crippen molar-refractivity contribution in [2.24, 2.45) is 0 Å². The van der Waals surface area contributed by atoms with Crippen molar-refractivity contribution in [2.75, 3.05) is 17.2 Å². The van der Waals surface area contributed by atoms with Gasteiger partial charge in [0.1, 0.15) is 18.0 Å². The van der Waals surface area contributed by atoms with Gasteiger partial charge < -0.3 is 10.6 Å². The van der Waals surface area contributed by atoms with Gasteiger partial charge in [-0.15, -0.1) is 0 Å². The number of nitriles is 1. The zero-order valence-corrected chi connectivity index (χ0v) is 12.2. The molecule has 0 amide bonds. The summed E-state index contributed by atoms with van der Waals surface area (Å²) in [5.41, 5.74) is 7.96. The van der Waals surface area contributed by atoms with Crippen LogP contribution < -0.4 is 10.6 Å². The molecule has 0 saturated carbocycles. The first-order valence-corrected chi connectivity index (χ1v) is 7.06. The largest absolute Gasteiger partial charge is 0.383 e. The van der Waals surface area contributed by atoms with Gasteiger partial charge in [0.15, 0.2) is 0 Å². The summed E-state index contributed by atoms with van der Waals surface area (Å²) in [5, 5.41) is 8.90. The van der Waals surface area contributed by atoms with E-state index in [9.17, 15) is 0 Å². The predicted molar refractivity (Wildman–Crippen MR) is 84.1 cm³/mol. The molecule has 5 heteroatoms. The topological polar surface area (TPSA) is 78.8 Å². The van der Waals surface area contributed by atoms with Crippen molar-refractivity contribution in [2.45, 2.75) is 26.2 Å². The standard InChI is InChI=1S/C16H19N5/c1-2-7-14-15(18)19-12-20-16(14)21(11-6-10-17)13-8-4-3-5-9-13/h3-5,8-9,12H,2,6-7,11H2,1H3,(H2,18,19,20). The summed E-state index contributed by atoms with van der Waals surface area (Å²) in [6, 6.07) is 12.1. The highest BCUT2D eigenvalue weighted by molar-refractivity contribution is 5.66. The Bertz CT molecular complexity index is 618. The molecular formula is C16H19N5. The van der Waals surface area contributed by atoms with E-state index in [0.29, 0.717) is 18.8 Å². The molecule has 0 spiro atoms. The molecule has 2 N–H and O–H groups in total. The molecule has 0 unspecified atom stereocenters. The molecular weight excluding hydrogens is 262 g/mol. The predicted octanol–water partition coefficient (Wildman–Crippen LogP) is 3.06. The van der Waals surface area contributed by atoms with Crippen molar-refractivity contribution < 1.29 is 0 Å². The number of anilines is 3. The summed E-state index contributed by atoms with van der Waals surface area (Å²) < 4.78 is 0. The van der Waals surface area contributed by atoms with Crippen molar-refractivity contribution in [1.29, 1.82) is 5.26 Å². The number of benzene rings is 1. The maximum atomic E-state index is 8.90. The molecule has 0 aliphatic carbocycles. The van der Waals surface area contributed by atoms with Gasteiger partial charge in [-0.2, -0.15) is 5.26 Å². The van der Waals surface area contributed by atoms with E-state index in [1.165, 1.54) is 6.33 Å². The van der Waals surface area contributed by atoms with Gasteiger partial charge in [-0.25, -0.2) is 9.97 Å². The van der Waals surface area contributed by atoms with Crippen LogP contribution in [0.15, 0.2) is 36.7 Å². The minimum atomic E-state index is 0.421. The van der Waals surface area contributed by atoms with E-state index >= 15 is 0 Å². The van der Waals surface area contributed by atoms with E-state index in [2.05, 4.69) is 23.0 Å². The first-order chi connectivity index (χ1) is 10.3. The van der Waals surface area contributed by atoms with Crippen LogP contribution in [0.5, 0.6) is 0 Å². The Morgan fingerprint density at radius 2 is 2.00 bits per heavy atom. The van der Waals surface area contributed by atoms with Gasteiger partial charge in [0.25, 0.3) is 0 Å². The number of nitrogens with two attached hydrogens (primary N) is 1. The lowest BCUT2D eigenvalue weighted by Gasteiger charge is -2.25. The van der Waals surface area contributed by atoms with Crippen LogP contribution in [-0.2, 0) is 6.42 Å². The van der Waals surface area contributed by atoms with Gasteiger partial charge in [0, 0.05) is 17.8 Å². The Morgan fingerprint density at radius 1 is 1.24 bits per heavy atom. The third kappa shape index (κ3) is 3.48. The fraction of sp³-hybridized carbons (Fsp3) is 0.312. The van der Waals surface area contributed by atoms with E-state index < -0.39 is 0 Å². The van der Waals surface area contributed by atoms with Gasteiger partial charge in [-0.1, -0.05) is 31.5 Å². The van der Waals surface area contributed by atoms with Crippen LogP contribution in [0.3, 0.4) is 0 Å². The zero-order chi connectivity index (χ0) is 15.1. The fourth-order valence-electron chi connectivity index (χ4n) is 2.27. The van der Waals surface area contributed by atoms with Crippen LogP contribution in [0.1, 0.15) is 25.3 Å². The highest BCUT2D eigenvalue weighted by atomic mass is 15.2. The summed E-state index contributed by atoms with van der Waals surface area (Å²) >= 11 is 0. The third-order valence-corrected chi connectivity index (χ3v) is 3.23. The summed E-state index contributed by atoms with van der Waals surface area (Å²) in [5.74, 6) is 1.31. The van der Waals surface area contributed by atoms with Crippen molar-refractivity contribution in [3.63, 3.8) is 0 Å². The first-order valence-electron chi connectivity index (χ1n) is 7.06. The maximum Gasteiger partial charge on any atom is 0.141 e. The second kappa shape index (κ2) is 7.25. The second-order valence-electron chi connectivity index (χ2n) is 4.71. The Labute approximate surface area is 125 Å². The molecule has 0 aliphatic rings. The number of hydrogen-bond acceptors (Lipinski definition) is 5. The molecule has 21 heavy (non-hydrogen) atoms. The summed E-state index contributed by atoms with van der Waals surface area (Å²) in [6.07, 6.45) is 3.68. The monoisotopic (exact) mass is 281 g/mol. The van der Waals surface area contributed by atoms with Crippen LogP contribution >= 0.6 is 0 Å². The average molecular weight is 281 g/mol. The Balaban J connectivity index is 2.46. The second-order valence-corrected chi connectivity index (χ2v) is 4.71. The first kappa shape index (κ1) is 14.8. The SMILES string of the molecule is CCCc1c(N)ncnc1N(CCC#N)c1ccccc1. The highest BCUT2D eigenvalue weighted by Gasteiger charge is 2.16. The van der Waals surface area contributed by atoms with Gasteiger partial charge in [-0.3, -0.25) is 0 Å².